The molecule has 2 heteroatoms. The maximum Gasteiger partial charge on any atom is 0.0367 e. The minimum atomic E-state index is 0.555. The smallest absolute Gasteiger partial charge is 0.0367 e. The first kappa shape index (κ1) is 13.9. The van der Waals surface area contributed by atoms with Crippen molar-refractivity contribution in [2.24, 2.45) is 0 Å². The molecular weight excluding hydrogens is 208 g/mol. The number of anilines is 2. The molecule has 0 bridgehead atoms. The molecule has 2 nitrogen and oxygen atoms in total. The van der Waals surface area contributed by atoms with Gasteiger partial charge in [0.05, 0.1) is 0 Å². The summed E-state index contributed by atoms with van der Waals surface area (Å²) in [7, 11) is 0. The molecule has 0 radical (unpaired) electrons. The van der Waals surface area contributed by atoms with Gasteiger partial charge >= 0.3 is 0 Å². The Hall–Kier alpha value is -1.18. The second-order valence-corrected chi connectivity index (χ2v) is 4.55. The SMILES string of the molecule is CCCC(C)Nc1ccc(N(CC)CC)cc1. The van der Waals surface area contributed by atoms with Crippen molar-refractivity contribution in [2.75, 3.05) is 23.3 Å². The lowest BCUT2D eigenvalue weighted by atomic mass is 10.2. The molecular formula is C15H26N2. The number of benzene rings is 1. The van der Waals surface area contributed by atoms with E-state index >= 15 is 0 Å². The molecule has 0 aliphatic heterocycles. The van der Waals surface area contributed by atoms with E-state index in [4.69, 9.17) is 0 Å². The van der Waals surface area contributed by atoms with Crippen LogP contribution >= 0.6 is 0 Å². The highest BCUT2D eigenvalue weighted by molar-refractivity contribution is 5.55. The lowest BCUT2D eigenvalue weighted by Gasteiger charge is -2.22. The second-order valence-electron chi connectivity index (χ2n) is 4.55. The van der Waals surface area contributed by atoms with E-state index in [0.29, 0.717) is 6.04 Å². The molecule has 0 saturated heterocycles. The number of hydrogen-bond acceptors (Lipinski definition) is 2. The van der Waals surface area contributed by atoms with Crippen molar-refractivity contribution in [3.05, 3.63) is 24.3 Å². The Morgan fingerprint density at radius 1 is 1.06 bits per heavy atom. The fraction of sp³-hybridized carbons (Fsp3) is 0.600. The van der Waals surface area contributed by atoms with Crippen LogP contribution in [0.4, 0.5) is 11.4 Å². The highest BCUT2D eigenvalue weighted by atomic mass is 15.1. The molecule has 0 heterocycles. The minimum Gasteiger partial charge on any atom is -0.383 e. The van der Waals surface area contributed by atoms with Crippen LogP contribution < -0.4 is 10.2 Å². The zero-order valence-corrected chi connectivity index (χ0v) is 11.7. The summed E-state index contributed by atoms with van der Waals surface area (Å²) in [5.41, 5.74) is 2.53. The van der Waals surface area contributed by atoms with Crippen molar-refractivity contribution in [3.8, 4) is 0 Å². The van der Waals surface area contributed by atoms with Crippen LogP contribution in [0.2, 0.25) is 0 Å². The molecule has 1 atom stereocenters. The van der Waals surface area contributed by atoms with E-state index in [9.17, 15) is 0 Å². The van der Waals surface area contributed by atoms with Crippen molar-refractivity contribution in [3.63, 3.8) is 0 Å². The van der Waals surface area contributed by atoms with Crippen LogP contribution in [0, 0.1) is 0 Å². The van der Waals surface area contributed by atoms with Gasteiger partial charge in [0, 0.05) is 30.5 Å². The van der Waals surface area contributed by atoms with Crippen LogP contribution in [-0.2, 0) is 0 Å². The van der Waals surface area contributed by atoms with Gasteiger partial charge in [-0.05, 0) is 51.5 Å². The Kier molecular flexibility index (Phi) is 5.88. The van der Waals surface area contributed by atoms with Crippen molar-refractivity contribution in [1.29, 1.82) is 0 Å². The Bertz CT molecular complexity index is 301. The molecule has 1 rings (SSSR count). The van der Waals surface area contributed by atoms with E-state index < -0.39 is 0 Å². The predicted octanol–water partition coefficient (Wildman–Crippen LogP) is 4.13. The maximum atomic E-state index is 3.53. The third kappa shape index (κ3) is 4.29. The van der Waals surface area contributed by atoms with Crippen LogP contribution in [0.1, 0.15) is 40.5 Å². The Balaban J connectivity index is 2.61. The molecule has 0 fully saturated rings. The van der Waals surface area contributed by atoms with E-state index in [0.717, 1.165) is 13.1 Å². The molecule has 0 saturated carbocycles. The normalized spacial score (nSPS) is 12.2. The van der Waals surface area contributed by atoms with Gasteiger partial charge in [0.1, 0.15) is 0 Å². The first-order valence-electron chi connectivity index (χ1n) is 6.82. The van der Waals surface area contributed by atoms with Crippen LogP contribution in [0.3, 0.4) is 0 Å². The summed E-state index contributed by atoms with van der Waals surface area (Å²) in [5, 5.41) is 3.53. The molecule has 1 aromatic rings. The van der Waals surface area contributed by atoms with E-state index in [-0.39, 0.29) is 0 Å². The van der Waals surface area contributed by atoms with Crippen molar-refractivity contribution in [1.82, 2.24) is 0 Å². The number of rotatable bonds is 7. The van der Waals surface area contributed by atoms with Crippen molar-refractivity contribution < 1.29 is 0 Å². The van der Waals surface area contributed by atoms with E-state index in [1.165, 1.54) is 24.2 Å². The first-order chi connectivity index (χ1) is 8.21. The molecule has 17 heavy (non-hydrogen) atoms. The maximum absolute atomic E-state index is 3.53. The lowest BCUT2D eigenvalue weighted by molar-refractivity contribution is 0.690. The van der Waals surface area contributed by atoms with Gasteiger partial charge in [0.15, 0.2) is 0 Å². The molecule has 1 unspecified atom stereocenters. The number of hydrogen-bond donors (Lipinski definition) is 1. The predicted molar refractivity (Wildman–Crippen MR) is 78.0 cm³/mol. The highest BCUT2D eigenvalue weighted by Crippen LogP contribution is 2.18. The van der Waals surface area contributed by atoms with Gasteiger partial charge in [-0.1, -0.05) is 13.3 Å². The van der Waals surface area contributed by atoms with E-state index in [1.807, 2.05) is 0 Å². The molecule has 1 N–H and O–H groups in total. The van der Waals surface area contributed by atoms with Gasteiger partial charge < -0.3 is 10.2 Å². The Labute approximate surface area is 106 Å². The summed E-state index contributed by atoms with van der Waals surface area (Å²) >= 11 is 0. The fourth-order valence-electron chi connectivity index (χ4n) is 2.15. The van der Waals surface area contributed by atoms with Crippen LogP contribution in [0.5, 0.6) is 0 Å². The summed E-state index contributed by atoms with van der Waals surface area (Å²) in [5.74, 6) is 0. The molecule has 1 aromatic carbocycles. The number of nitrogens with zero attached hydrogens (tertiary/aromatic N) is 1. The zero-order valence-electron chi connectivity index (χ0n) is 11.7. The van der Waals surface area contributed by atoms with Crippen LogP contribution in [0.25, 0.3) is 0 Å². The topological polar surface area (TPSA) is 15.3 Å². The Morgan fingerprint density at radius 3 is 2.12 bits per heavy atom. The van der Waals surface area contributed by atoms with E-state index in [2.05, 4.69) is 62.2 Å². The Morgan fingerprint density at radius 2 is 1.65 bits per heavy atom. The van der Waals surface area contributed by atoms with Crippen molar-refractivity contribution in [2.45, 2.75) is 46.6 Å². The quantitative estimate of drug-likeness (QED) is 0.763. The molecule has 0 aromatic heterocycles. The molecule has 0 amide bonds. The third-order valence-corrected chi connectivity index (χ3v) is 3.13. The second kappa shape index (κ2) is 7.21. The average molecular weight is 234 g/mol. The summed E-state index contributed by atoms with van der Waals surface area (Å²) in [4.78, 5) is 2.36. The van der Waals surface area contributed by atoms with Crippen LogP contribution in [0.15, 0.2) is 24.3 Å². The van der Waals surface area contributed by atoms with Gasteiger partial charge in [-0.2, -0.15) is 0 Å². The molecule has 96 valence electrons. The third-order valence-electron chi connectivity index (χ3n) is 3.13. The summed E-state index contributed by atoms with van der Waals surface area (Å²) < 4.78 is 0. The van der Waals surface area contributed by atoms with Crippen LogP contribution in [-0.4, -0.2) is 19.1 Å². The minimum absolute atomic E-state index is 0.555. The monoisotopic (exact) mass is 234 g/mol. The largest absolute Gasteiger partial charge is 0.383 e. The molecule has 0 spiro atoms. The van der Waals surface area contributed by atoms with Gasteiger partial charge in [0.25, 0.3) is 0 Å². The first-order valence-corrected chi connectivity index (χ1v) is 6.82. The standard InChI is InChI=1S/C15H26N2/c1-5-8-13(4)16-14-9-11-15(12-10-14)17(6-2)7-3/h9-13,16H,5-8H2,1-4H3. The molecule has 0 aliphatic carbocycles. The lowest BCUT2D eigenvalue weighted by Crippen LogP contribution is -2.21. The van der Waals surface area contributed by atoms with Crippen molar-refractivity contribution >= 4 is 11.4 Å². The van der Waals surface area contributed by atoms with Gasteiger partial charge in [-0.15, -0.1) is 0 Å². The summed E-state index contributed by atoms with van der Waals surface area (Å²) in [6.45, 7) is 11.0. The average Bonchev–Trinajstić information content (AvgIpc) is 2.33. The fourth-order valence-corrected chi connectivity index (χ4v) is 2.15. The van der Waals surface area contributed by atoms with Gasteiger partial charge in [-0.3, -0.25) is 0 Å². The highest BCUT2D eigenvalue weighted by Gasteiger charge is 2.03. The van der Waals surface area contributed by atoms with Gasteiger partial charge in [0.2, 0.25) is 0 Å². The summed E-state index contributed by atoms with van der Waals surface area (Å²) in [6.07, 6.45) is 2.45. The van der Waals surface area contributed by atoms with E-state index in [1.54, 1.807) is 0 Å². The summed E-state index contributed by atoms with van der Waals surface area (Å²) in [6, 6.07) is 9.32. The molecule has 0 aliphatic rings. The van der Waals surface area contributed by atoms with Gasteiger partial charge in [-0.25, -0.2) is 0 Å². The zero-order chi connectivity index (χ0) is 12.7. The number of nitrogens with one attached hydrogen (secondary N) is 1.